The van der Waals surface area contributed by atoms with E-state index in [-0.39, 0.29) is 12.1 Å². The zero-order chi connectivity index (χ0) is 23.2. The van der Waals surface area contributed by atoms with Crippen molar-refractivity contribution in [3.8, 4) is 11.5 Å². The molecule has 6 amide bonds. The molecule has 168 valence electrons. The van der Waals surface area contributed by atoms with Crippen molar-refractivity contribution in [2.45, 2.75) is 0 Å². The average molecular weight is 446 g/mol. The summed E-state index contributed by atoms with van der Waals surface area (Å²) in [5.74, 6) is 1.35. The van der Waals surface area contributed by atoms with E-state index in [9.17, 15) is 14.4 Å². The minimum Gasteiger partial charge on any atom is -0.457 e. The summed E-state index contributed by atoms with van der Waals surface area (Å²) in [5, 5.41) is 7.75. The van der Waals surface area contributed by atoms with Crippen LogP contribution in [0.5, 0.6) is 11.5 Å². The Bertz CT molecular complexity index is 1150. The Kier molecular flexibility index (Phi) is 6.35. The SMILES string of the molecule is CNC(=O)Nc1cc(Oc2ccc(NC(=O)N3CCN(c4ccccc4)C3=O)cc2)ccn1. The Morgan fingerprint density at radius 1 is 0.939 bits per heavy atom. The molecule has 1 aliphatic heterocycles. The maximum Gasteiger partial charge on any atom is 0.332 e. The van der Waals surface area contributed by atoms with Gasteiger partial charge in [0.15, 0.2) is 0 Å². The molecule has 1 fully saturated rings. The summed E-state index contributed by atoms with van der Waals surface area (Å²) in [4.78, 5) is 43.5. The van der Waals surface area contributed by atoms with Crippen LogP contribution in [0.25, 0.3) is 0 Å². The molecule has 1 aromatic heterocycles. The highest BCUT2D eigenvalue weighted by atomic mass is 16.5. The number of aromatic nitrogens is 1. The van der Waals surface area contributed by atoms with Crippen molar-refractivity contribution < 1.29 is 19.1 Å². The van der Waals surface area contributed by atoms with E-state index >= 15 is 0 Å². The number of imide groups is 1. The number of carbonyl (C=O) groups excluding carboxylic acids is 3. The first-order valence-electron chi connectivity index (χ1n) is 10.2. The Hall–Kier alpha value is -4.60. The van der Waals surface area contributed by atoms with Crippen molar-refractivity contribution in [3.63, 3.8) is 0 Å². The molecule has 0 atom stereocenters. The summed E-state index contributed by atoms with van der Waals surface area (Å²) < 4.78 is 5.78. The molecule has 0 spiro atoms. The molecule has 0 bridgehead atoms. The second-order valence-corrected chi connectivity index (χ2v) is 7.06. The number of ether oxygens (including phenoxy) is 1. The standard InChI is InChI=1S/C23H22N6O4/c1-24-21(30)27-20-15-19(11-12-25-20)33-18-9-7-16(8-10-18)26-22(31)29-14-13-28(23(29)32)17-5-3-2-4-6-17/h2-12,15H,13-14H2,1H3,(H,26,31)(H2,24,25,27,30). The van der Waals surface area contributed by atoms with Gasteiger partial charge < -0.3 is 15.4 Å². The summed E-state index contributed by atoms with van der Waals surface area (Å²) >= 11 is 0. The number of carbonyl (C=O) groups is 3. The average Bonchev–Trinajstić information content (AvgIpc) is 3.22. The molecule has 0 aliphatic carbocycles. The van der Waals surface area contributed by atoms with E-state index in [0.717, 1.165) is 5.69 Å². The van der Waals surface area contributed by atoms with Crippen LogP contribution in [0.2, 0.25) is 0 Å². The first-order chi connectivity index (χ1) is 16.0. The van der Waals surface area contributed by atoms with Gasteiger partial charge in [0.25, 0.3) is 0 Å². The number of benzene rings is 2. The lowest BCUT2D eigenvalue weighted by Crippen LogP contribution is -2.39. The van der Waals surface area contributed by atoms with Crippen molar-refractivity contribution in [2.75, 3.05) is 35.7 Å². The molecule has 1 aliphatic rings. The third kappa shape index (κ3) is 5.18. The third-order valence-corrected chi connectivity index (χ3v) is 4.86. The molecule has 3 N–H and O–H groups in total. The Morgan fingerprint density at radius 2 is 1.70 bits per heavy atom. The molecule has 0 saturated carbocycles. The maximum absolute atomic E-state index is 12.6. The quantitative estimate of drug-likeness (QED) is 0.546. The van der Waals surface area contributed by atoms with Crippen LogP contribution in [0.1, 0.15) is 0 Å². The first kappa shape index (κ1) is 21.6. The second-order valence-electron chi connectivity index (χ2n) is 7.06. The highest BCUT2D eigenvalue weighted by Gasteiger charge is 2.34. The summed E-state index contributed by atoms with van der Waals surface area (Å²) in [6, 6.07) is 17.9. The van der Waals surface area contributed by atoms with Gasteiger partial charge in [-0.05, 0) is 42.5 Å². The smallest absolute Gasteiger partial charge is 0.332 e. The van der Waals surface area contributed by atoms with Gasteiger partial charge in [0.1, 0.15) is 17.3 Å². The number of hydrogen-bond donors (Lipinski definition) is 3. The van der Waals surface area contributed by atoms with E-state index < -0.39 is 6.03 Å². The van der Waals surface area contributed by atoms with Crippen LogP contribution >= 0.6 is 0 Å². The molecule has 2 heterocycles. The number of para-hydroxylation sites is 1. The fraction of sp³-hybridized carbons (Fsp3) is 0.130. The van der Waals surface area contributed by atoms with Crippen molar-refractivity contribution in [1.29, 1.82) is 0 Å². The molecular formula is C23H22N6O4. The summed E-state index contributed by atoms with van der Waals surface area (Å²) in [5.41, 5.74) is 1.28. The van der Waals surface area contributed by atoms with Crippen molar-refractivity contribution in [3.05, 3.63) is 72.9 Å². The van der Waals surface area contributed by atoms with Crippen LogP contribution in [-0.2, 0) is 0 Å². The van der Waals surface area contributed by atoms with Crippen LogP contribution in [0.4, 0.5) is 31.6 Å². The van der Waals surface area contributed by atoms with E-state index in [1.807, 2.05) is 30.3 Å². The van der Waals surface area contributed by atoms with Gasteiger partial charge in [-0.15, -0.1) is 0 Å². The van der Waals surface area contributed by atoms with Crippen molar-refractivity contribution in [1.82, 2.24) is 15.2 Å². The summed E-state index contributed by atoms with van der Waals surface area (Å²) in [6.45, 7) is 0.737. The van der Waals surface area contributed by atoms with Crippen LogP contribution < -0.4 is 25.6 Å². The predicted molar refractivity (Wildman–Crippen MR) is 124 cm³/mol. The molecule has 33 heavy (non-hydrogen) atoms. The van der Waals surface area contributed by atoms with Gasteiger partial charge in [-0.25, -0.2) is 24.3 Å². The van der Waals surface area contributed by atoms with Gasteiger partial charge >= 0.3 is 18.1 Å². The molecular weight excluding hydrogens is 424 g/mol. The van der Waals surface area contributed by atoms with E-state index in [4.69, 9.17) is 4.74 Å². The molecule has 1 saturated heterocycles. The number of hydrogen-bond acceptors (Lipinski definition) is 5. The number of nitrogens with one attached hydrogen (secondary N) is 3. The molecule has 10 nitrogen and oxygen atoms in total. The van der Waals surface area contributed by atoms with Crippen molar-refractivity contribution >= 4 is 35.3 Å². The van der Waals surface area contributed by atoms with Gasteiger partial charge in [-0.1, -0.05) is 18.2 Å². The minimum absolute atomic E-state index is 0.301. The minimum atomic E-state index is -0.494. The molecule has 2 aromatic carbocycles. The monoisotopic (exact) mass is 446 g/mol. The molecule has 4 rings (SSSR count). The lowest BCUT2D eigenvalue weighted by atomic mass is 10.3. The predicted octanol–water partition coefficient (Wildman–Crippen LogP) is 4.10. The lowest BCUT2D eigenvalue weighted by Gasteiger charge is -2.18. The van der Waals surface area contributed by atoms with Gasteiger partial charge in [-0.3, -0.25) is 10.2 Å². The maximum atomic E-state index is 12.6. The van der Waals surface area contributed by atoms with Crippen molar-refractivity contribution in [2.24, 2.45) is 0 Å². The number of amides is 6. The van der Waals surface area contributed by atoms with E-state index in [2.05, 4.69) is 20.9 Å². The van der Waals surface area contributed by atoms with Gasteiger partial charge in [0.05, 0.1) is 6.54 Å². The fourth-order valence-corrected chi connectivity index (χ4v) is 3.23. The largest absolute Gasteiger partial charge is 0.457 e. The van der Waals surface area contributed by atoms with E-state index in [0.29, 0.717) is 36.1 Å². The van der Waals surface area contributed by atoms with Gasteiger partial charge in [0.2, 0.25) is 0 Å². The Labute approximate surface area is 190 Å². The normalized spacial score (nSPS) is 12.9. The first-order valence-corrected chi connectivity index (χ1v) is 10.2. The Morgan fingerprint density at radius 3 is 2.42 bits per heavy atom. The zero-order valence-electron chi connectivity index (χ0n) is 17.8. The number of anilines is 3. The van der Waals surface area contributed by atoms with E-state index in [1.165, 1.54) is 18.1 Å². The molecule has 3 aromatic rings. The summed E-state index contributed by atoms with van der Waals surface area (Å²) in [7, 11) is 1.51. The van der Waals surface area contributed by atoms with Crippen LogP contribution in [0, 0.1) is 0 Å². The fourth-order valence-electron chi connectivity index (χ4n) is 3.23. The number of rotatable bonds is 5. The number of nitrogens with zero attached hydrogens (tertiary/aromatic N) is 3. The Balaban J connectivity index is 1.35. The lowest BCUT2D eigenvalue weighted by molar-refractivity contribution is 0.209. The van der Waals surface area contributed by atoms with Gasteiger partial charge in [-0.2, -0.15) is 0 Å². The number of urea groups is 3. The topological polar surface area (TPSA) is 116 Å². The highest BCUT2D eigenvalue weighted by Crippen LogP contribution is 2.25. The van der Waals surface area contributed by atoms with E-state index in [1.54, 1.807) is 41.3 Å². The van der Waals surface area contributed by atoms with Gasteiger partial charge in [0, 0.05) is 37.2 Å². The second kappa shape index (κ2) is 9.69. The molecule has 0 radical (unpaired) electrons. The summed E-state index contributed by atoms with van der Waals surface area (Å²) in [6.07, 6.45) is 1.51. The third-order valence-electron chi connectivity index (χ3n) is 4.86. The highest BCUT2D eigenvalue weighted by molar-refractivity contribution is 6.08. The zero-order valence-corrected chi connectivity index (χ0v) is 17.8. The van der Waals surface area contributed by atoms with Crippen LogP contribution in [0.3, 0.4) is 0 Å². The van der Waals surface area contributed by atoms with Crippen LogP contribution in [-0.4, -0.2) is 48.1 Å². The molecule has 0 unspecified atom stereocenters. The van der Waals surface area contributed by atoms with Crippen LogP contribution in [0.15, 0.2) is 72.9 Å². The molecule has 10 heteroatoms. The number of pyridine rings is 1.